The summed E-state index contributed by atoms with van der Waals surface area (Å²) in [4.78, 5) is 18.6. The fourth-order valence-corrected chi connectivity index (χ4v) is 1.28. The molecule has 2 N–H and O–H groups in total. The minimum Gasteiger partial charge on any atom is -0.345 e. The van der Waals surface area contributed by atoms with Crippen LogP contribution in [-0.4, -0.2) is 26.1 Å². The van der Waals surface area contributed by atoms with Crippen molar-refractivity contribution in [2.24, 2.45) is 0 Å². The molecule has 0 aromatic carbocycles. The Morgan fingerprint density at radius 2 is 2.11 bits per heavy atom. The van der Waals surface area contributed by atoms with Crippen LogP contribution in [0.1, 0.15) is 21.9 Å². The number of nitrogens with one attached hydrogen (secondary N) is 2. The van der Waals surface area contributed by atoms with E-state index in [-0.39, 0.29) is 12.1 Å². The smallest absolute Gasteiger partial charge is 0.345 e. The Labute approximate surface area is 105 Å². The van der Waals surface area contributed by atoms with Gasteiger partial charge in [-0.05, 0) is 12.1 Å². The zero-order valence-electron chi connectivity index (χ0n) is 9.40. The largest absolute Gasteiger partial charge is 0.433 e. The van der Waals surface area contributed by atoms with Crippen LogP contribution >= 0.6 is 0 Å². The molecule has 1 amide bonds. The Balaban J connectivity index is 2.00. The average molecular weight is 271 g/mol. The first kappa shape index (κ1) is 13.0. The fourth-order valence-electron chi connectivity index (χ4n) is 1.28. The van der Waals surface area contributed by atoms with Crippen molar-refractivity contribution in [1.29, 1.82) is 0 Å². The van der Waals surface area contributed by atoms with E-state index >= 15 is 0 Å². The number of hydrogen-bond acceptors (Lipinski definition) is 4. The summed E-state index contributed by atoms with van der Waals surface area (Å²) >= 11 is 0. The van der Waals surface area contributed by atoms with E-state index in [0.29, 0.717) is 5.82 Å². The quantitative estimate of drug-likeness (QED) is 0.877. The van der Waals surface area contributed by atoms with Crippen LogP contribution in [0.15, 0.2) is 24.7 Å². The van der Waals surface area contributed by atoms with Crippen molar-refractivity contribution in [2.75, 3.05) is 0 Å². The van der Waals surface area contributed by atoms with Gasteiger partial charge in [-0.15, -0.1) is 0 Å². The highest BCUT2D eigenvalue weighted by Gasteiger charge is 2.32. The van der Waals surface area contributed by atoms with Gasteiger partial charge in [0.05, 0.1) is 12.1 Å². The number of pyridine rings is 1. The first-order valence-corrected chi connectivity index (χ1v) is 5.12. The third-order valence-electron chi connectivity index (χ3n) is 2.20. The van der Waals surface area contributed by atoms with Crippen LogP contribution in [0.2, 0.25) is 0 Å². The predicted octanol–water partition coefficient (Wildman–Crippen LogP) is 1.15. The molecule has 2 rings (SSSR count). The number of hydrogen-bond donors (Lipinski definition) is 2. The van der Waals surface area contributed by atoms with Crippen molar-refractivity contribution in [3.8, 4) is 0 Å². The molecule has 0 aliphatic rings. The van der Waals surface area contributed by atoms with Crippen molar-refractivity contribution in [1.82, 2.24) is 25.5 Å². The molecule has 0 spiro atoms. The average Bonchev–Trinajstić information content (AvgIpc) is 2.88. The molecule has 0 aliphatic heterocycles. The third kappa shape index (κ3) is 3.27. The van der Waals surface area contributed by atoms with E-state index in [4.69, 9.17) is 0 Å². The van der Waals surface area contributed by atoms with E-state index in [2.05, 4.69) is 25.5 Å². The van der Waals surface area contributed by atoms with Gasteiger partial charge in [0, 0.05) is 6.20 Å². The molecule has 6 nitrogen and oxygen atoms in total. The lowest BCUT2D eigenvalue weighted by Gasteiger charge is -2.06. The summed E-state index contributed by atoms with van der Waals surface area (Å²) in [5.74, 6) is -0.106. The molecule has 100 valence electrons. The zero-order chi connectivity index (χ0) is 13.9. The highest BCUT2D eigenvalue weighted by Crippen LogP contribution is 2.27. The standard InChI is InChI=1S/C10H8F3N5O/c11-10(12,13)7-2-1-6(3-14-7)9(19)15-4-8-16-5-17-18-8/h1-3,5H,4H2,(H,15,19)(H,16,17,18). The Morgan fingerprint density at radius 3 is 2.63 bits per heavy atom. The van der Waals surface area contributed by atoms with E-state index < -0.39 is 17.8 Å². The normalized spacial score (nSPS) is 11.3. The minimum atomic E-state index is -4.52. The first-order chi connectivity index (χ1) is 8.97. The van der Waals surface area contributed by atoms with E-state index in [0.717, 1.165) is 18.3 Å². The molecule has 0 aliphatic carbocycles. The van der Waals surface area contributed by atoms with Crippen LogP contribution in [0.25, 0.3) is 0 Å². The molecule has 2 aromatic rings. The number of halogens is 3. The van der Waals surface area contributed by atoms with Gasteiger partial charge in [-0.1, -0.05) is 0 Å². The Bertz CT molecular complexity index is 550. The molecule has 0 fully saturated rings. The van der Waals surface area contributed by atoms with Gasteiger partial charge < -0.3 is 5.32 Å². The molecule has 0 saturated heterocycles. The number of amides is 1. The second kappa shape index (κ2) is 5.04. The number of carbonyl (C=O) groups excluding carboxylic acids is 1. The lowest BCUT2D eigenvalue weighted by Crippen LogP contribution is -2.23. The van der Waals surface area contributed by atoms with Crippen molar-refractivity contribution in [2.45, 2.75) is 12.7 Å². The van der Waals surface area contributed by atoms with E-state index in [9.17, 15) is 18.0 Å². The molecule has 19 heavy (non-hydrogen) atoms. The number of H-pyrrole nitrogens is 1. The first-order valence-electron chi connectivity index (χ1n) is 5.12. The summed E-state index contributed by atoms with van der Waals surface area (Å²) in [7, 11) is 0. The molecule has 9 heteroatoms. The highest BCUT2D eigenvalue weighted by atomic mass is 19.4. The van der Waals surface area contributed by atoms with Crippen LogP contribution in [-0.2, 0) is 12.7 Å². The second-order valence-electron chi connectivity index (χ2n) is 3.54. The topological polar surface area (TPSA) is 83.6 Å². The van der Waals surface area contributed by atoms with Gasteiger partial charge in [0.25, 0.3) is 5.91 Å². The fraction of sp³-hybridized carbons (Fsp3) is 0.200. The number of alkyl halides is 3. The van der Waals surface area contributed by atoms with E-state index in [1.54, 1.807) is 0 Å². The molecule has 0 radical (unpaired) electrons. The van der Waals surface area contributed by atoms with Gasteiger partial charge >= 0.3 is 6.18 Å². The maximum absolute atomic E-state index is 12.3. The van der Waals surface area contributed by atoms with Gasteiger partial charge in [-0.3, -0.25) is 14.9 Å². The van der Waals surface area contributed by atoms with E-state index in [1.165, 1.54) is 6.33 Å². The Morgan fingerprint density at radius 1 is 1.32 bits per heavy atom. The number of nitrogens with zero attached hydrogens (tertiary/aromatic N) is 3. The monoisotopic (exact) mass is 271 g/mol. The Hall–Kier alpha value is -2.45. The number of aromatic amines is 1. The lowest BCUT2D eigenvalue weighted by atomic mass is 10.2. The second-order valence-corrected chi connectivity index (χ2v) is 3.54. The summed E-state index contributed by atoms with van der Waals surface area (Å²) in [6, 6.07) is 1.81. The molecule has 0 saturated carbocycles. The van der Waals surface area contributed by atoms with Gasteiger partial charge in [0.15, 0.2) is 0 Å². The van der Waals surface area contributed by atoms with Crippen molar-refractivity contribution >= 4 is 5.91 Å². The summed E-state index contributed by atoms with van der Waals surface area (Å²) < 4.78 is 36.8. The van der Waals surface area contributed by atoms with Gasteiger partial charge in [0.1, 0.15) is 17.8 Å². The predicted molar refractivity (Wildman–Crippen MR) is 56.8 cm³/mol. The highest BCUT2D eigenvalue weighted by molar-refractivity contribution is 5.93. The van der Waals surface area contributed by atoms with Crippen LogP contribution < -0.4 is 5.32 Å². The Kier molecular flexibility index (Phi) is 3.45. The van der Waals surface area contributed by atoms with Gasteiger partial charge in [-0.2, -0.15) is 18.3 Å². The summed E-state index contributed by atoms with van der Waals surface area (Å²) in [6.45, 7) is 0.0971. The summed E-state index contributed by atoms with van der Waals surface area (Å²) in [5, 5.41) is 8.59. The zero-order valence-corrected chi connectivity index (χ0v) is 9.40. The SMILES string of the molecule is O=C(NCc1ncn[nH]1)c1ccc(C(F)(F)F)nc1. The summed E-state index contributed by atoms with van der Waals surface area (Å²) in [6.07, 6.45) is -2.37. The van der Waals surface area contributed by atoms with Crippen LogP contribution in [0.3, 0.4) is 0 Å². The van der Waals surface area contributed by atoms with Crippen molar-refractivity contribution in [3.63, 3.8) is 0 Å². The van der Waals surface area contributed by atoms with Crippen molar-refractivity contribution < 1.29 is 18.0 Å². The molecular weight excluding hydrogens is 263 g/mol. The minimum absolute atomic E-state index is 0.0347. The number of aromatic nitrogens is 4. The summed E-state index contributed by atoms with van der Waals surface area (Å²) in [5.41, 5.74) is -1.01. The molecule has 0 atom stereocenters. The molecule has 0 bridgehead atoms. The van der Waals surface area contributed by atoms with Crippen LogP contribution in [0.4, 0.5) is 13.2 Å². The maximum Gasteiger partial charge on any atom is 0.433 e. The molecule has 2 heterocycles. The van der Waals surface area contributed by atoms with Gasteiger partial charge in [0.2, 0.25) is 0 Å². The lowest BCUT2D eigenvalue weighted by molar-refractivity contribution is -0.141. The van der Waals surface area contributed by atoms with Crippen LogP contribution in [0, 0.1) is 0 Å². The van der Waals surface area contributed by atoms with Crippen LogP contribution in [0.5, 0.6) is 0 Å². The number of carbonyl (C=O) groups is 1. The molecule has 0 unspecified atom stereocenters. The molecule has 2 aromatic heterocycles. The third-order valence-corrected chi connectivity index (χ3v) is 2.20. The number of rotatable bonds is 3. The maximum atomic E-state index is 12.3. The van der Waals surface area contributed by atoms with Gasteiger partial charge in [-0.25, -0.2) is 4.98 Å². The molecular formula is C10H8F3N5O. The van der Waals surface area contributed by atoms with Crippen molar-refractivity contribution in [3.05, 3.63) is 41.7 Å². The van der Waals surface area contributed by atoms with E-state index in [1.807, 2.05) is 0 Å².